The Kier molecular flexibility index (Phi) is 8.04. The number of piperazine rings is 1. The van der Waals surface area contributed by atoms with Crippen molar-refractivity contribution in [3.63, 3.8) is 0 Å². The lowest BCUT2D eigenvalue weighted by Crippen LogP contribution is -2.50. The Hall–Kier alpha value is -5.18. The first-order valence-corrected chi connectivity index (χ1v) is 14.6. The zero-order valence-corrected chi connectivity index (χ0v) is 24.4. The van der Waals surface area contributed by atoms with Gasteiger partial charge < -0.3 is 25.3 Å². The number of benzodiazepines with no additional fused rings is 1. The topological polar surface area (TPSA) is 93.2 Å². The van der Waals surface area contributed by atoms with Crippen molar-refractivity contribution < 1.29 is 9.59 Å². The van der Waals surface area contributed by atoms with Gasteiger partial charge in [0, 0.05) is 72.8 Å². The first kappa shape index (κ1) is 28.0. The van der Waals surface area contributed by atoms with Crippen molar-refractivity contribution in [3.05, 3.63) is 115 Å². The third-order valence-electron chi connectivity index (χ3n) is 7.78. The number of nitrogens with one attached hydrogen (secondary N) is 2. The van der Waals surface area contributed by atoms with Gasteiger partial charge in [-0.05, 0) is 56.3 Å². The van der Waals surface area contributed by atoms with Crippen molar-refractivity contribution in [2.75, 3.05) is 46.2 Å². The average molecular weight is 574 g/mol. The molecule has 0 bridgehead atoms. The molecule has 1 saturated heterocycles. The van der Waals surface area contributed by atoms with E-state index in [1.54, 1.807) is 4.90 Å². The quantitative estimate of drug-likeness (QED) is 0.333. The second-order valence-corrected chi connectivity index (χ2v) is 10.9. The van der Waals surface area contributed by atoms with Crippen molar-refractivity contribution in [1.82, 2.24) is 10.3 Å². The fourth-order valence-corrected chi connectivity index (χ4v) is 5.67. The standard InChI is InChI=1S/C34H35N7O2/c1-24(2)41-30-11-7-6-10-29(30)31(25-8-4-3-5-9-25)37-32(33(41)42)38-34(43)36-26-12-14-27(15-13-26)39-20-22-40(23-21-39)28-16-18-35-19-17-28/h3-19,24,32H,20-23H2,1-2H3,(H2,36,38,43). The maximum atomic E-state index is 13.8. The maximum Gasteiger partial charge on any atom is 0.321 e. The van der Waals surface area contributed by atoms with E-state index in [1.807, 2.05) is 117 Å². The molecule has 1 aromatic heterocycles. The summed E-state index contributed by atoms with van der Waals surface area (Å²) in [5, 5.41) is 5.71. The summed E-state index contributed by atoms with van der Waals surface area (Å²) in [6.07, 6.45) is 2.55. The number of amides is 3. The highest BCUT2D eigenvalue weighted by Gasteiger charge is 2.34. The van der Waals surface area contributed by atoms with Crippen LogP contribution in [0.15, 0.2) is 108 Å². The van der Waals surface area contributed by atoms with Gasteiger partial charge in [-0.3, -0.25) is 9.78 Å². The van der Waals surface area contributed by atoms with E-state index in [4.69, 9.17) is 4.99 Å². The highest BCUT2D eigenvalue weighted by Crippen LogP contribution is 2.30. The molecule has 9 nitrogen and oxygen atoms in total. The van der Waals surface area contributed by atoms with E-state index in [-0.39, 0.29) is 11.9 Å². The zero-order valence-electron chi connectivity index (χ0n) is 24.4. The van der Waals surface area contributed by atoms with E-state index in [9.17, 15) is 9.59 Å². The Labute approximate surface area is 251 Å². The number of nitrogens with zero attached hydrogens (tertiary/aromatic N) is 5. The van der Waals surface area contributed by atoms with Crippen molar-refractivity contribution in [3.8, 4) is 0 Å². The second-order valence-electron chi connectivity index (χ2n) is 10.9. The molecular formula is C34H35N7O2. The van der Waals surface area contributed by atoms with Crippen LogP contribution in [0.5, 0.6) is 0 Å². The van der Waals surface area contributed by atoms with Crippen LogP contribution >= 0.6 is 0 Å². The van der Waals surface area contributed by atoms with Crippen LogP contribution in [0.4, 0.5) is 27.5 Å². The Morgan fingerprint density at radius 3 is 2.05 bits per heavy atom. The number of aliphatic imine (C=N–C) groups is 1. The van der Waals surface area contributed by atoms with Gasteiger partial charge in [-0.25, -0.2) is 9.79 Å². The molecule has 1 fully saturated rings. The number of fused-ring (bicyclic) bond motifs is 1. The summed E-state index contributed by atoms with van der Waals surface area (Å²) in [5.41, 5.74) is 6.07. The van der Waals surface area contributed by atoms with E-state index in [0.29, 0.717) is 11.4 Å². The molecule has 0 radical (unpaired) electrons. The number of hydrogen-bond donors (Lipinski definition) is 2. The van der Waals surface area contributed by atoms with Gasteiger partial charge in [-0.15, -0.1) is 0 Å². The van der Waals surface area contributed by atoms with Gasteiger partial charge in [0.15, 0.2) is 0 Å². The van der Waals surface area contributed by atoms with Crippen LogP contribution in [0.25, 0.3) is 0 Å². The van der Waals surface area contributed by atoms with Crippen LogP contribution < -0.4 is 25.3 Å². The van der Waals surface area contributed by atoms with Crippen LogP contribution in [0.1, 0.15) is 25.0 Å². The lowest BCUT2D eigenvalue weighted by Gasteiger charge is -2.37. The molecule has 0 saturated carbocycles. The van der Waals surface area contributed by atoms with Gasteiger partial charge in [0.1, 0.15) is 0 Å². The summed E-state index contributed by atoms with van der Waals surface area (Å²) in [5.74, 6) is -0.287. The van der Waals surface area contributed by atoms with Gasteiger partial charge in [0.05, 0.1) is 11.4 Å². The molecule has 2 aliphatic heterocycles. The monoisotopic (exact) mass is 573 g/mol. The predicted octanol–water partition coefficient (Wildman–Crippen LogP) is 5.15. The molecule has 218 valence electrons. The molecule has 3 aromatic carbocycles. The van der Waals surface area contributed by atoms with Gasteiger partial charge in [-0.1, -0.05) is 48.5 Å². The van der Waals surface area contributed by atoms with E-state index in [0.717, 1.165) is 48.7 Å². The summed E-state index contributed by atoms with van der Waals surface area (Å²) < 4.78 is 0. The molecule has 3 amide bonds. The largest absolute Gasteiger partial charge is 0.368 e. The fraction of sp³-hybridized carbons (Fsp3) is 0.235. The van der Waals surface area contributed by atoms with Crippen LogP contribution in [0, 0.1) is 0 Å². The summed E-state index contributed by atoms with van der Waals surface area (Å²) in [6, 6.07) is 28.7. The van der Waals surface area contributed by atoms with Crippen molar-refractivity contribution >= 4 is 40.4 Å². The Balaban J connectivity index is 1.16. The van der Waals surface area contributed by atoms with E-state index < -0.39 is 12.2 Å². The minimum Gasteiger partial charge on any atom is -0.368 e. The molecule has 6 rings (SSSR count). The van der Waals surface area contributed by atoms with E-state index >= 15 is 0 Å². The normalized spacial score (nSPS) is 16.8. The Morgan fingerprint density at radius 2 is 1.40 bits per heavy atom. The van der Waals surface area contributed by atoms with Crippen molar-refractivity contribution in [2.24, 2.45) is 4.99 Å². The number of pyridine rings is 1. The lowest BCUT2D eigenvalue weighted by atomic mass is 10.00. The highest BCUT2D eigenvalue weighted by molar-refractivity contribution is 6.20. The van der Waals surface area contributed by atoms with Crippen LogP contribution in [-0.2, 0) is 4.79 Å². The van der Waals surface area contributed by atoms with Gasteiger partial charge in [0.25, 0.3) is 5.91 Å². The summed E-state index contributed by atoms with van der Waals surface area (Å²) in [6.45, 7) is 7.56. The summed E-state index contributed by atoms with van der Waals surface area (Å²) in [4.78, 5) is 42.4. The smallest absolute Gasteiger partial charge is 0.321 e. The molecule has 2 aliphatic rings. The molecule has 0 spiro atoms. The van der Waals surface area contributed by atoms with E-state index in [1.165, 1.54) is 5.69 Å². The van der Waals surface area contributed by atoms with Gasteiger partial charge in [-0.2, -0.15) is 0 Å². The molecule has 4 aromatic rings. The third kappa shape index (κ3) is 6.06. The number of carbonyl (C=O) groups is 2. The van der Waals surface area contributed by atoms with Gasteiger partial charge >= 0.3 is 6.03 Å². The molecular weight excluding hydrogens is 538 g/mol. The lowest BCUT2D eigenvalue weighted by molar-refractivity contribution is -0.120. The highest BCUT2D eigenvalue weighted by atomic mass is 16.2. The summed E-state index contributed by atoms with van der Waals surface area (Å²) >= 11 is 0. The molecule has 3 heterocycles. The number of benzene rings is 3. The SMILES string of the molecule is CC(C)N1C(=O)C(NC(=O)Nc2ccc(N3CCN(c4ccncc4)CC3)cc2)N=C(c2ccccc2)c2ccccc21. The Morgan fingerprint density at radius 1 is 0.791 bits per heavy atom. The van der Waals surface area contributed by atoms with Crippen LogP contribution in [-0.4, -0.2) is 61.0 Å². The predicted molar refractivity (Wildman–Crippen MR) is 172 cm³/mol. The minimum atomic E-state index is -1.10. The third-order valence-corrected chi connectivity index (χ3v) is 7.78. The second kappa shape index (κ2) is 12.4. The average Bonchev–Trinajstić information content (AvgIpc) is 3.16. The minimum absolute atomic E-state index is 0.134. The number of hydrogen-bond acceptors (Lipinski definition) is 6. The Bertz CT molecular complexity index is 1600. The number of urea groups is 1. The number of carbonyl (C=O) groups excluding carboxylic acids is 2. The molecule has 1 unspecified atom stereocenters. The number of aromatic nitrogens is 1. The fourth-order valence-electron chi connectivity index (χ4n) is 5.67. The van der Waals surface area contributed by atoms with Crippen LogP contribution in [0.2, 0.25) is 0 Å². The number of rotatable bonds is 6. The number of para-hydroxylation sites is 1. The first-order valence-electron chi connectivity index (χ1n) is 14.6. The number of anilines is 4. The maximum absolute atomic E-state index is 13.8. The van der Waals surface area contributed by atoms with Crippen LogP contribution in [0.3, 0.4) is 0 Å². The van der Waals surface area contributed by atoms with Crippen molar-refractivity contribution in [1.29, 1.82) is 0 Å². The first-order chi connectivity index (χ1) is 21.0. The molecule has 43 heavy (non-hydrogen) atoms. The molecule has 9 heteroatoms. The molecule has 0 aliphatic carbocycles. The van der Waals surface area contributed by atoms with E-state index in [2.05, 4.69) is 25.4 Å². The van der Waals surface area contributed by atoms with Gasteiger partial charge in [0.2, 0.25) is 6.17 Å². The molecule has 2 N–H and O–H groups in total. The summed E-state index contributed by atoms with van der Waals surface area (Å²) in [7, 11) is 0. The zero-order chi connectivity index (χ0) is 29.8. The van der Waals surface area contributed by atoms with Crippen molar-refractivity contribution in [2.45, 2.75) is 26.1 Å². The molecule has 1 atom stereocenters.